The van der Waals surface area contributed by atoms with Gasteiger partial charge in [-0.1, -0.05) is 11.8 Å². The van der Waals surface area contributed by atoms with Crippen molar-refractivity contribution in [3.05, 3.63) is 46.4 Å². The third kappa shape index (κ3) is 2.20. The van der Waals surface area contributed by atoms with E-state index in [1.807, 2.05) is 24.3 Å². The normalized spacial score (nSPS) is 11.6. The van der Waals surface area contributed by atoms with Gasteiger partial charge in [0.1, 0.15) is 11.1 Å². The molecule has 20 heavy (non-hydrogen) atoms. The predicted molar refractivity (Wildman–Crippen MR) is 79.6 cm³/mol. The number of benzene rings is 1. The first-order valence-electron chi connectivity index (χ1n) is 6.33. The topological polar surface area (TPSA) is 68.9 Å². The van der Waals surface area contributed by atoms with Crippen molar-refractivity contribution < 1.29 is 5.11 Å². The highest BCUT2D eigenvalue weighted by molar-refractivity contribution is 6.04. The molecule has 0 spiro atoms. The molecule has 0 fully saturated rings. The lowest BCUT2D eigenvalue weighted by Crippen LogP contribution is -2.14. The van der Waals surface area contributed by atoms with E-state index >= 15 is 0 Å². The highest BCUT2D eigenvalue weighted by atomic mass is 16.3. The van der Waals surface area contributed by atoms with Crippen LogP contribution >= 0.6 is 0 Å². The fourth-order valence-electron chi connectivity index (χ4n) is 2.15. The van der Waals surface area contributed by atoms with Crippen LogP contribution in [0.3, 0.4) is 0 Å². The average Bonchev–Trinajstić information content (AvgIpc) is 2.86. The minimum Gasteiger partial charge on any atom is -0.378 e. The second kappa shape index (κ2) is 4.26. The van der Waals surface area contributed by atoms with Gasteiger partial charge in [0.05, 0.1) is 0 Å². The van der Waals surface area contributed by atoms with Gasteiger partial charge in [-0.2, -0.15) is 0 Å². The lowest BCUT2D eigenvalue weighted by Gasteiger charge is -2.06. The molecule has 0 bridgehead atoms. The summed E-state index contributed by atoms with van der Waals surface area (Å²) < 4.78 is 0. The van der Waals surface area contributed by atoms with Crippen molar-refractivity contribution in [3.63, 3.8) is 0 Å². The number of aromatic nitrogens is 2. The van der Waals surface area contributed by atoms with Crippen LogP contribution in [0.5, 0.6) is 0 Å². The number of aromatic amines is 2. The number of fused-ring (bicyclic) bond motifs is 3. The van der Waals surface area contributed by atoms with E-state index in [2.05, 4.69) is 21.8 Å². The summed E-state index contributed by atoms with van der Waals surface area (Å²) in [6, 6.07) is 7.45. The van der Waals surface area contributed by atoms with Gasteiger partial charge in [0.2, 0.25) is 0 Å². The molecule has 2 heterocycles. The molecule has 0 aliphatic carbocycles. The van der Waals surface area contributed by atoms with E-state index in [1.54, 1.807) is 20.0 Å². The van der Waals surface area contributed by atoms with E-state index in [9.17, 15) is 9.90 Å². The first kappa shape index (κ1) is 12.5. The quantitative estimate of drug-likeness (QED) is 0.546. The van der Waals surface area contributed by atoms with Crippen LogP contribution in [0.2, 0.25) is 0 Å². The number of nitrogens with one attached hydrogen (secondary N) is 2. The molecule has 100 valence electrons. The molecule has 0 aliphatic rings. The maximum absolute atomic E-state index is 11.8. The van der Waals surface area contributed by atoms with Gasteiger partial charge in [0, 0.05) is 28.0 Å². The van der Waals surface area contributed by atoms with Crippen LogP contribution in [0, 0.1) is 11.8 Å². The second-order valence-corrected chi connectivity index (χ2v) is 5.29. The molecule has 0 saturated carbocycles. The van der Waals surface area contributed by atoms with Gasteiger partial charge >= 0.3 is 0 Å². The van der Waals surface area contributed by atoms with Crippen molar-refractivity contribution in [2.45, 2.75) is 19.4 Å². The van der Waals surface area contributed by atoms with E-state index in [4.69, 9.17) is 0 Å². The van der Waals surface area contributed by atoms with Crippen molar-refractivity contribution in [1.29, 1.82) is 0 Å². The van der Waals surface area contributed by atoms with Crippen LogP contribution in [0.25, 0.3) is 21.8 Å². The number of hydrogen-bond acceptors (Lipinski definition) is 2. The Kier molecular flexibility index (Phi) is 2.66. The summed E-state index contributed by atoms with van der Waals surface area (Å²) in [4.78, 5) is 17.6. The fourth-order valence-corrected chi connectivity index (χ4v) is 2.15. The molecule has 1 aromatic carbocycles. The Balaban J connectivity index is 2.27. The third-order valence-corrected chi connectivity index (χ3v) is 3.04. The van der Waals surface area contributed by atoms with Crippen molar-refractivity contribution in [2.75, 3.05) is 0 Å². The molecule has 3 N–H and O–H groups in total. The maximum Gasteiger partial charge on any atom is 0.272 e. The monoisotopic (exact) mass is 266 g/mol. The Labute approximate surface area is 115 Å². The number of rotatable bonds is 0. The highest BCUT2D eigenvalue weighted by Crippen LogP contribution is 2.21. The SMILES string of the molecule is CC(C)(O)C#Cc1ccc2[nH]c(=O)c3[nH]ccc3c2c1. The van der Waals surface area contributed by atoms with E-state index in [0.29, 0.717) is 5.52 Å². The zero-order valence-corrected chi connectivity index (χ0v) is 11.2. The molecule has 2 aromatic heterocycles. The molecular formula is C16H14N2O2. The first-order chi connectivity index (χ1) is 9.44. The summed E-state index contributed by atoms with van der Waals surface area (Å²) in [5.74, 6) is 5.73. The van der Waals surface area contributed by atoms with Crippen molar-refractivity contribution in [3.8, 4) is 11.8 Å². The molecule has 4 nitrogen and oxygen atoms in total. The van der Waals surface area contributed by atoms with Crippen molar-refractivity contribution in [2.24, 2.45) is 0 Å². The molecule has 3 rings (SSSR count). The number of aliphatic hydroxyl groups is 1. The maximum atomic E-state index is 11.8. The standard InChI is InChI=1S/C16H14N2O2/c1-16(2,20)7-5-10-3-4-13-12(9-10)11-6-8-17-14(11)15(19)18-13/h3-4,6,8-9,17,20H,1-2H3,(H,18,19). The van der Waals surface area contributed by atoms with Crippen LogP contribution in [-0.4, -0.2) is 20.7 Å². The Morgan fingerprint density at radius 1 is 1.20 bits per heavy atom. The number of H-pyrrole nitrogens is 2. The average molecular weight is 266 g/mol. The van der Waals surface area contributed by atoms with Gasteiger partial charge in [-0.15, -0.1) is 0 Å². The third-order valence-electron chi connectivity index (χ3n) is 3.04. The van der Waals surface area contributed by atoms with Crippen LogP contribution < -0.4 is 5.56 Å². The van der Waals surface area contributed by atoms with Crippen LogP contribution in [0.1, 0.15) is 19.4 Å². The number of pyridine rings is 1. The zero-order chi connectivity index (χ0) is 14.3. The lowest BCUT2D eigenvalue weighted by molar-refractivity contribution is 0.143. The van der Waals surface area contributed by atoms with E-state index in [0.717, 1.165) is 21.9 Å². The van der Waals surface area contributed by atoms with E-state index in [1.165, 1.54) is 0 Å². The zero-order valence-electron chi connectivity index (χ0n) is 11.2. The fraction of sp³-hybridized carbons (Fsp3) is 0.188. The largest absolute Gasteiger partial charge is 0.378 e. The molecule has 0 atom stereocenters. The van der Waals surface area contributed by atoms with Crippen LogP contribution in [0.15, 0.2) is 35.3 Å². The molecule has 0 saturated heterocycles. The predicted octanol–water partition coefficient (Wildman–Crippen LogP) is 2.13. The lowest BCUT2D eigenvalue weighted by atomic mass is 10.1. The summed E-state index contributed by atoms with van der Waals surface area (Å²) in [6.45, 7) is 3.28. The minimum absolute atomic E-state index is 0.132. The van der Waals surface area contributed by atoms with Gasteiger partial charge in [-0.25, -0.2) is 0 Å². The smallest absolute Gasteiger partial charge is 0.272 e. The second-order valence-electron chi connectivity index (χ2n) is 5.29. The molecule has 0 amide bonds. The van der Waals surface area contributed by atoms with Gasteiger partial charge in [-0.3, -0.25) is 4.79 Å². The van der Waals surface area contributed by atoms with E-state index in [-0.39, 0.29) is 5.56 Å². The van der Waals surface area contributed by atoms with Crippen molar-refractivity contribution >= 4 is 21.8 Å². The van der Waals surface area contributed by atoms with Crippen LogP contribution in [0.4, 0.5) is 0 Å². The Morgan fingerprint density at radius 3 is 2.75 bits per heavy atom. The number of hydrogen-bond donors (Lipinski definition) is 3. The van der Waals surface area contributed by atoms with Gasteiger partial charge in [-0.05, 0) is 38.1 Å². The summed E-state index contributed by atoms with van der Waals surface area (Å²) in [5.41, 5.74) is 0.978. The summed E-state index contributed by atoms with van der Waals surface area (Å²) in [5, 5.41) is 11.4. The molecule has 0 aliphatic heterocycles. The molecule has 3 aromatic rings. The molecule has 0 radical (unpaired) electrons. The van der Waals surface area contributed by atoms with Crippen molar-refractivity contribution in [1.82, 2.24) is 9.97 Å². The van der Waals surface area contributed by atoms with Gasteiger partial charge in [0.25, 0.3) is 5.56 Å². The molecule has 4 heteroatoms. The highest BCUT2D eigenvalue weighted by Gasteiger charge is 2.08. The summed E-state index contributed by atoms with van der Waals surface area (Å²) in [6.07, 6.45) is 1.74. The molecule has 0 unspecified atom stereocenters. The van der Waals surface area contributed by atoms with Gasteiger partial charge in [0.15, 0.2) is 0 Å². The Bertz CT molecular complexity index is 915. The van der Waals surface area contributed by atoms with Gasteiger partial charge < -0.3 is 15.1 Å². The van der Waals surface area contributed by atoms with Crippen LogP contribution in [-0.2, 0) is 0 Å². The summed E-state index contributed by atoms with van der Waals surface area (Å²) >= 11 is 0. The summed E-state index contributed by atoms with van der Waals surface area (Å²) in [7, 11) is 0. The van der Waals surface area contributed by atoms with E-state index < -0.39 is 5.60 Å². The molecular weight excluding hydrogens is 252 g/mol. The minimum atomic E-state index is -1.02. The Hall–Kier alpha value is -2.51. The Morgan fingerprint density at radius 2 is 2.00 bits per heavy atom. The first-order valence-corrected chi connectivity index (χ1v) is 6.33.